The molecule has 0 saturated carbocycles. The van der Waals surface area contributed by atoms with Gasteiger partial charge in [-0.3, -0.25) is 0 Å². The molecule has 1 heterocycles. The molecule has 1 aromatic carbocycles. The first-order valence-corrected chi connectivity index (χ1v) is 7.19. The molecule has 3 atom stereocenters. The predicted molar refractivity (Wildman–Crippen MR) is 76.8 cm³/mol. The average Bonchev–Trinajstić information content (AvgIpc) is 2.69. The summed E-state index contributed by atoms with van der Waals surface area (Å²) in [6.45, 7) is 5.11. The van der Waals surface area contributed by atoms with Gasteiger partial charge in [-0.2, -0.15) is 0 Å². The van der Waals surface area contributed by atoms with E-state index in [0.29, 0.717) is 5.92 Å². The van der Waals surface area contributed by atoms with E-state index in [1.165, 1.54) is 0 Å². The highest BCUT2D eigenvalue weighted by Gasteiger charge is 2.30. The lowest BCUT2D eigenvalue weighted by Gasteiger charge is -2.28. The summed E-state index contributed by atoms with van der Waals surface area (Å²) in [5.74, 6) is 0.519. The zero-order valence-electron chi connectivity index (χ0n) is 10.8. The normalized spacial score (nSPS) is 25.5. The van der Waals surface area contributed by atoms with Crippen LogP contribution in [0.15, 0.2) is 22.7 Å². The second-order valence-corrected chi connectivity index (χ2v) is 5.95. The van der Waals surface area contributed by atoms with E-state index in [2.05, 4.69) is 27.8 Å². The Balaban J connectivity index is 2.27. The van der Waals surface area contributed by atoms with Crippen LogP contribution < -0.4 is 4.90 Å². The number of aliphatic hydroxyl groups is 2. The first-order chi connectivity index (χ1) is 8.54. The minimum atomic E-state index is -0.473. The maximum Gasteiger partial charge on any atom is 0.0772 e. The number of rotatable bonds is 3. The number of hydrogen-bond donors (Lipinski definition) is 2. The maximum atomic E-state index is 9.62. The van der Waals surface area contributed by atoms with E-state index in [4.69, 9.17) is 0 Å². The van der Waals surface area contributed by atoms with E-state index >= 15 is 0 Å². The summed E-state index contributed by atoms with van der Waals surface area (Å²) < 4.78 is 0.922. The Labute approximate surface area is 117 Å². The third kappa shape index (κ3) is 2.56. The van der Waals surface area contributed by atoms with Crippen LogP contribution in [0.1, 0.15) is 31.9 Å². The number of nitrogens with zero attached hydrogens (tertiary/aromatic N) is 1. The van der Waals surface area contributed by atoms with E-state index in [-0.39, 0.29) is 12.6 Å². The van der Waals surface area contributed by atoms with Gasteiger partial charge in [-0.25, -0.2) is 0 Å². The third-order valence-corrected chi connectivity index (χ3v) is 4.52. The molecule has 1 aliphatic rings. The molecular weight excluding hydrogens is 294 g/mol. The lowest BCUT2D eigenvalue weighted by Crippen LogP contribution is -2.35. The van der Waals surface area contributed by atoms with Gasteiger partial charge in [0.1, 0.15) is 0 Å². The molecule has 1 aromatic rings. The highest BCUT2D eigenvalue weighted by Crippen LogP contribution is 2.33. The van der Waals surface area contributed by atoms with Gasteiger partial charge >= 0.3 is 0 Å². The van der Waals surface area contributed by atoms with E-state index in [1.54, 1.807) is 6.92 Å². The van der Waals surface area contributed by atoms with Crippen molar-refractivity contribution in [1.29, 1.82) is 0 Å². The van der Waals surface area contributed by atoms with Gasteiger partial charge in [-0.05, 0) is 37.0 Å². The molecule has 0 aliphatic carbocycles. The monoisotopic (exact) mass is 313 g/mol. The average molecular weight is 314 g/mol. The predicted octanol–water partition coefficient (Wildman–Crippen LogP) is 2.71. The molecule has 18 heavy (non-hydrogen) atoms. The van der Waals surface area contributed by atoms with E-state index < -0.39 is 6.10 Å². The van der Waals surface area contributed by atoms with Crippen molar-refractivity contribution in [2.45, 2.75) is 32.4 Å². The van der Waals surface area contributed by atoms with Gasteiger partial charge < -0.3 is 15.1 Å². The Hall–Kier alpha value is -0.580. The maximum absolute atomic E-state index is 9.62. The zero-order chi connectivity index (χ0) is 13.3. The smallest absolute Gasteiger partial charge is 0.0772 e. The largest absolute Gasteiger partial charge is 0.394 e. The SMILES string of the molecule is CC1CCN(c2ccc([C@@H](C)O)c(Br)c2)C1CO. The van der Waals surface area contributed by atoms with Gasteiger partial charge in [0.2, 0.25) is 0 Å². The second-order valence-electron chi connectivity index (χ2n) is 5.09. The molecule has 1 saturated heterocycles. The van der Waals surface area contributed by atoms with Crippen molar-refractivity contribution in [3.05, 3.63) is 28.2 Å². The summed E-state index contributed by atoms with van der Waals surface area (Å²) in [5.41, 5.74) is 2.00. The summed E-state index contributed by atoms with van der Waals surface area (Å²) >= 11 is 3.50. The zero-order valence-corrected chi connectivity index (χ0v) is 12.4. The van der Waals surface area contributed by atoms with Crippen LogP contribution in [-0.4, -0.2) is 29.4 Å². The van der Waals surface area contributed by atoms with Crippen molar-refractivity contribution < 1.29 is 10.2 Å². The number of anilines is 1. The molecule has 3 nitrogen and oxygen atoms in total. The van der Waals surface area contributed by atoms with E-state index in [9.17, 15) is 10.2 Å². The molecular formula is C14H20BrNO2. The van der Waals surface area contributed by atoms with Crippen LogP contribution >= 0.6 is 15.9 Å². The summed E-state index contributed by atoms with van der Waals surface area (Å²) in [5, 5.41) is 19.1. The van der Waals surface area contributed by atoms with Crippen LogP contribution in [0.2, 0.25) is 0 Å². The van der Waals surface area contributed by atoms with Crippen LogP contribution in [-0.2, 0) is 0 Å². The molecule has 0 bridgehead atoms. The summed E-state index contributed by atoms with van der Waals surface area (Å²) in [7, 11) is 0. The minimum Gasteiger partial charge on any atom is -0.394 e. The molecule has 100 valence electrons. The third-order valence-electron chi connectivity index (χ3n) is 3.84. The van der Waals surface area contributed by atoms with Crippen molar-refractivity contribution in [1.82, 2.24) is 0 Å². The Morgan fingerprint density at radius 1 is 1.50 bits per heavy atom. The Morgan fingerprint density at radius 2 is 2.22 bits per heavy atom. The summed E-state index contributed by atoms with van der Waals surface area (Å²) in [4.78, 5) is 2.25. The van der Waals surface area contributed by atoms with E-state index in [0.717, 1.165) is 28.7 Å². The quantitative estimate of drug-likeness (QED) is 0.901. The van der Waals surface area contributed by atoms with Crippen molar-refractivity contribution in [2.24, 2.45) is 5.92 Å². The van der Waals surface area contributed by atoms with Crippen LogP contribution in [0.5, 0.6) is 0 Å². The van der Waals surface area contributed by atoms with Crippen LogP contribution in [0.25, 0.3) is 0 Å². The molecule has 2 N–H and O–H groups in total. The van der Waals surface area contributed by atoms with Crippen LogP contribution in [0.4, 0.5) is 5.69 Å². The summed E-state index contributed by atoms with van der Waals surface area (Å²) in [6, 6.07) is 6.20. The van der Waals surface area contributed by atoms with Gasteiger partial charge in [0.15, 0.2) is 0 Å². The number of halogens is 1. The van der Waals surface area contributed by atoms with E-state index in [1.807, 2.05) is 18.2 Å². The van der Waals surface area contributed by atoms with Crippen molar-refractivity contribution >= 4 is 21.6 Å². The van der Waals surface area contributed by atoms with Gasteiger partial charge in [0, 0.05) is 16.7 Å². The number of hydrogen-bond acceptors (Lipinski definition) is 3. The standard InChI is InChI=1S/C14H20BrNO2/c1-9-5-6-16(14(9)8-17)11-3-4-12(10(2)18)13(15)7-11/h3-4,7,9-10,14,17-18H,5-6,8H2,1-2H3/t9?,10-,14?/m1/s1. The Kier molecular flexibility index (Phi) is 4.30. The molecule has 1 fully saturated rings. The lowest BCUT2D eigenvalue weighted by molar-refractivity contribution is 0.198. The van der Waals surface area contributed by atoms with Gasteiger partial charge in [-0.15, -0.1) is 0 Å². The molecule has 2 rings (SSSR count). The first-order valence-electron chi connectivity index (χ1n) is 6.39. The highest BCUT2D eigenvalue weighted by atomic mass is 79.9. The second kappa shape index (κ2) is 5.59. The Bertz CT molecular complexity index is 422. The van der Waals surface area contributed by atoms with Crippen molar-refractivity contribution in [3.8, 4) is 0 Å². The van der Waals surface area contributed by atoms with Gasteiger partial charge in [0.25, 0.3) is 0 Å². The van der Waals surface area contributed by atoms with Crippen molar-refractivity contribution in [2.75, 3.05) is 18.1 Å². The summed E-state index contributed by atoms with van der Waals surface area (Å²) in [6.07, 6.45) is 0.639. The molecule has 0 amide bonds. The molecule has 0 aromatic heterocycles. The Morgan fingerprint density at radius 3 is 2.78 bits per heavy atom. The van der Waals surface area contributed by atoms with Gasteiger partial charge in [-0.1, -0.05) is 28.9 Å². The van der Waals surface area contributed by atoms with Crippen molar-refractivity contribution in [3.63, 3.8) is 0 Å². The number of aliphatic hydroxyl groups excluding tert-OH is 2. The number of benzene rings is 1. The molecule has 1 aliphatic heterocycles. The highest BCUT2D eigenvalue weighted by molar-refractivity contribution is 9.10. The molecule has 4 heteroatoms. The fraction of sp³-hybridized carbons (Fsp3) is 0.571. The first kappa shape index (κ1) is 13.8. The lowest BCUT2D eigenvalue weighted by atomic mass is 10.0. The topological polar surface area (TPSA) is 43.7 Å². The molecule has 0 spiro atoms. The fourth-order valence-electron chi connectivity index (χ4n) is 2.64. The molecule has 2 unspecified atom stereocenters. The minimum absolute atomic E-state index is 0.191. The fourth-order valence-corrected chi connectivity index (χ4v) is 3.34. The van der Waals surface area contributed by atoms with Crippen LogP contribution in [0, 0.1) is 5.92 Å². The van der Waals surface area contributed by atoms with Gasteiger partial charge in [0.05, 0.1) is 18.8 Å². The molecule has 0 radical (unpaired) electrons. The van der Waals surface area contributed by atoms with Crippen LogP contribution in [0.3, 0.4) is 0 Å².